The molecule has 0 saturated carbocycles. The lowest BCUT2D eigenvalue weighted by Crippen LogP contribution is -2.31. The van der Waals surface area contributed by atoms with Crippen molar-refractivity contribution in [3.8, 4) is 0 Å². The van der Waals surface area contributed by atoms with Gasteiger partial charge in [-0.2, -0.15) is 0 Å². The Balaban J connectivity index is 3.30. The largest absolute Gasteiger partial charge is 0.399 e. The van der Waals surface area contributed by atoms with E-state index >= 15 is 0 Å². The number of anilines is 1. The van der Waals surface area contributed by atoms with E-state index in [9.17, 15) is 4.21 Å². The van der Waals surface area contributed by atoms with E-state index in [1.807, 2.05) is 27.7 Å². The quantitative estimate of drug-likeness (QED) is 0.811. The molecule has 96 valence electrons. The third-order valence-corrected chi connectivity index (χ3v) is 4.33. The van der Waals surface area contributed by atoms with Crippen LogP contribution < -0.4 is 10.5 Å². The second kappa shape index (κ2) is 5.51. The molecule has 0 heterocycles. The maximum atomic E-state index is 12.8. The molecule has 0 spiro atoms. The topological polar surface area (TPSA) is 67.5 Å². The van der Waals surface area contributed by atoms with Crippen LogP contribution in [0.4, 0.5) is 5.69 Å². The first kappa shape index (κ1) is 14.0. The molecule has 1 atom stereocenters. The number of rotatable bonds is 4. The molecule has 0 amide bonds. The maximum Gasteiger partial charge on any atom is 0.137 e. The van der Waals surface area contributed by atoms with Crippen LogP contribution in [-0.2, 0) is 9.92 Å². The van der Waals surface area contributed by atoms with Crippen LogP contribution >= 0.6 is 0 Å². The maximum absolute atomic E-state index is 12.8. The van der Waals surface area contributed by atoms with Crippen molar-refractivity contribution < 1.29 is 4.21 Å². The van der Waals surface area contributed by atoms with Crippen LogP contribution in [0.15, 0.2) is 33.5 Å². The highest BCUT2D eigenvalue weighted by Crippen LogP contribution is 2.16. The van der Waals surface area contributed by atoms with Gasteiger partial charge in [0.05, 0.1) is 10.9 Å². The predicted octanol–water partition coefficient (Wildman–Crippen LogP) is 2.42. The molecular formula is C12H21N3OS. The fourth-order valence-corrected chi connectivity index (χ4v) is 3.57. The van der Waals surface area contributed by atoms with E-state index in [4.69, 9.17) is 5.73 Å². The summed E-state index contributed by atoms with van der Waals surface area (Å²) in [5.41, 5.74) is 6.32. The molecule has 3 N–H and O–H groups in total. The first-order valence-corrected chi connectivity index (χ1v) is 7.24. The summed E-state index contributed by atoms with van der Waals surface area (Å²) in [5, 5.41) is 0. The molecule has 0 aliphatic carbocycles. The van der Waals surface area contributed by atoms with Gasteiger partial charge in [-0.05, 0) is 45.9 Å². The Labute approximate surface area is 104 Å². The summed E-state index contributed by atoms with van der Waals surface area (Å²) in [6.07, 6.45) is 0. The zero-order valence-electron chi connectivity index (χ0n) is 10.8. The van der Waals surface area contributed by atoms with E-state index in [0.29, 0.717) is 10.6 Å². The van der Waals surface area contributed by atoms with Crippen molar-refractivity contribution in [2.45, 2.75) is 44.7 Å². The Morgan fingerprint density at radius 2 is 1.94 bits per heavy atom. The molecule has 0 fully saturated rings. The summed E-state index contributed by atoms with van der Waals surface area (Å²) in [7, 11) is -2.59. The van der Waals surface area contributed by atoms with Crippen LogP contribution in [0.25, 0.3) is 0 Å². The van der Waals surface area contributed by atoms with Gasteiger partial charge in [-0.3, -0.25) is 0 Å². The molecule has 4 nitrogen and oxygen atoms in total. The minimum Gasteiger partial charge on any atom is -0.399 e. The van der Waals surface area contributed by atoms with Crippen molar-refractivity contribution in [3.05, 3.63) is 24.3 Å². The van der Waals surface area contributed by atoms with E-state index in [1.165, 1.54) is 0 Å². The highest BCUT2D eigenvalue weighted by Gasteiger charge is 2.14. The fraction of sp³-hybridized carbons (Fsp3) is 0.500. The minimum atomic E-state index is -2.59. The SMILES string of the molecule is CC(C)N=S(=O)(NC(C)C)c1cccc(N)c1. The molecule has 1 aromatic rings. The molecule has 0 radical (unpaired) electrons. The van der Waals surface area contributed by atoms with Gasteiger partial charge in [0.2, 0.25) is 0 Å². The number of hydrogen-bond acceptors (Lipinski definition) is 3. The average molecular weight is 255 g/mol. The summed E-state index contributed by atoms with van der Waals surface area (Å²) in [5.74, 6) is 0. The Morgan fingerprint density at radius 3 is 2.41 bits per heavy atom. The summed E-state index contributed by atoms with van der Waals surface area (Å²) in [6.45, 7) is 7.71. The lowest BCUT2D eigenvalue weighted by Gasteiger charge is -2.16. The molecule has 1 unspecified atom stereocenters. The molecule has 1 aromatic carbocycles. The van der Waals surface area contributed by atoms with E-state index in [2.05, 4.69) is 9.08 Å². The summed E-state index contributed by atoms with van der Waals surface area (Å²) in [6, 6.07) is 7.15. The summed E-state index contributed by atoms with van der Waals surface area (Å²) >= 11 is 0. The van der Waals surface area contributed by atoms with Crippen LogP contribution in [0.5, 0.6) is 0 Å². The van der Waals surface area contributed by atoms with Crippen LogP contribution in [0, 0.1) is 0 Å². The van der Waals surface area contributed by atoms with Crippen molar-refractivity contribution in [1.82, 2.24) is 4.72 Å². The van der Waals surface area contributed by atoms with Gasteiger partial charge in [0.25, 0.3) is 0 Å². The molecule has 0 aliphatic heterocycles. The van der Waals surface area contributed by atoms with Crippen molar-refractivity contribution in [3.63, 3.8) is 0 Å². The first-order chi connectivity index (χ1) is 7.83. The monoisotopic (exact) mass is 255 g/mol. The second-order valence-electron chi connectivity index (χ2n) is 4.57. The van der Waals surface area contributed by atoms with E-state index in [1.54, 1.807) is 24.3 Å². The third-order valence-electron chi connectivity index (χ3n) is 1.93. The first-order valence-electron chi connectivity index (χ1n) is 5.72. The van der Waals surface area contributed by atoms with E-state index in [0.717, 1.165) is 0 Å². The molecule has 5 heteroatoms. The third kappa shape index (κ3) is 4.02. The van der Waals surface area contributed by atoms with Crippen molar-refractivity contribution in [2.75, 3.05) is 5.73 Å². The molecule has 0 aromatic heterocycles. The van der Waals surface area contributed by atoms with Gasteiger partial charge in [-0.15, -0.1) is 0 Å². The Kier molecular flexibility index (Phi) is 4.54. The molecule has 0 saturated heterocycles. The predicted molar refractivity (Wildman–Crippen MR) is 73.1 cm³/mol. The number of nitrogens with one attached hydrogen (secondary N) is 1. The Morgan fingerprint density at radius 1 is 1.29 bits per heavy atom. The van der Waals surface area contributed by atoms with Crippen molar-refractivity contribution in [2.24, 2.45) is 4.36 Å². The van der Waals surface area contributed by atoms with E-state index in [-0.39, 0.29) is 12.1 Å². The number of nitrogens with zero attached hydrogens (tertiary/aromatic N) is 1. The Bertz CT molecular complexity index is 488. The lowest BCUT2D eigenvalue weighted by molar-refractivity contribution is 0.641. The van der Waals surface area contributed by atoms with Gasteiger partial charge in [0, 0.05) is 11.7 Å². The number of nitrogens with two attached hydrogens (primary N) is 1. The molecule has 17 heavy (non-hydrogen) atoms. The standard InChI is InChI=1S/C12H21N3OS/c1-9(2)14-17(16,15-10(3)4)12-7-5-6-11(13)8-12/h5-10H,13H2,1-4H3,(H,14,15,16). The molecular weight excluding hydrogens is 234 g/mol. The number of nitrogen functional groups attached to an aromatic ring is 1. The molecule has 1 rings (SSSR count). The van der Waals surface area contributed by atoms with Gasteiger partial charge >= 0.3 is 0 Å². The highest BCUT2D eigenvalue weighted by atomic mass is 32.2. The van der Waals surface area contributed by atoms with Gasteiger partial charge in [-0.25, -0.2) is 13.3 Å². The zero-order valence-corrected chi connectivity index (χ0v) is 11.6. The Hall–Kier alpha value is -1.07. The highest BCUT2D eigenvalue weighted by molar-refractivity contribution is 7.91. The average Bonchev–Trinajstić information content (AvgIpc) is 2.14. The minimum absolute atomic E-state index is 0.00446. The van der Waals surface area contributed by atoms with Crippen molar-refractivity contribution in [1.29, 1.82) is 0 Å². The van der Waals surface area contributed by atoms with Crippen LogP contribution in [-0.4, -0.2) is 16.3 Å². The normalized spacial score (nSPS) is 14.9. The molecule has 0 aliphatic rings. The van der Waals surface area contributed by atoms with Crippen LogP contribution in [0.3, 0.4) is 0 Å². The van der Waals surface area contributed by atoms with E-state index < -0.39 is 9.92 Å². The number of benzene rings is 1. The summed E-state index contributed by atoms with van der Waals surface area (Å²) < 4.78 is 20.2. The zero-order chi connectivity index (χ0) is 13.1. The van der Waals surface area contributed by atoms with Gasteiger partial charge in [-0.1, -0.05) is 6.07 Å². The molecule has 0 bridgehead atoms. The fourth-order valence-electron chi connectivity index (χ4n) is 1.46. The van der Waals surface area contributed by atoms with Gasteiger partial charge in [0.15, 0.2) is 0 Å². The van der Waals surface area contributed by atoms with Crippen LogP contribution in [0.2, 0.25) is 0 Å². The van der Waals surface area contributed by atoms with Gasteiger partial charge in [0.1, 0.15) is 9.92 Å². The smallest absolute Gasteiger partial charge is 0.137 e. The van der Waals surface area contributed by atoms with Crippen molar-refractivity contribution >= 4 is 15.6 Å². The lowest BCUT2D eigenvalue weighted by atomic mass is 10.3. The number of hydrogen-bond donors (Lipinski definition) is 2. The summed E-state index contributed by atoms with van der Waals surface area (Å²) in [4.78, 5) is 0.639. The second-order valence-corrected chi connectivity index (χ2v) is 6.54. The van der Waals surface area contributed by atoms with Gasteiger partial charge < -0.3 is 5.73 Å². The van der Waals surface area contributed by atoms with Crippen LogP contribution in [0.1, 0.15) is 27.7 Å².